The quantitative estimate of drug-likeness (QED) is 0.408. The normalized spacial score (nSPS) is 24.3. The molecule has 1 aliphatic heterocycles. The highest BCUT2D eigenvalue weighted by atomic mass is 19.4. The Morgan fingerprint density at radius 1 is 1.18 bits per heavy atom. The van der Waals surface area contributed by atoms with E-state index in [1.807, 2.05) is 44.2 Å². The van der Waals surface area contributed by atoms with E-state index in [-0.39, 0.29) is 36.0 Å². The minimum Gasteiger partial charge on any atom is -0.491 e. The van der Waals surface area contributed by atoms with Gasteiger partial charge in [0.25, 0.3) is 0 Å². The minimum absolute atomic E-state index is 0.119. The molecule has 1 saturated heterocycles. The largest absolute Gasteiger partial charge is 0.573 e. The third-order valence-corrected chi connectivity index (χ3v) is 7.50. The van der Waals surface area contributed by atoms with E-state index < -0.39 is 11.8 Å². The van der Waals surface area contributed by atoms with Gasteiger partial charge in [-0.05, 0) is 69.3 Å². The Morgan fingerprint density at radius 2 is 1.97 bits per heavy atom. The Labute approximate surface area is 219 Å². The Kier molecular flexibility index (Phi) is 7.17. The predicted molar refractivity (Wildman–Crippen MR) is 134 cm³/mol. The second-order valence-corrected chi connectivity index (χ2v) is 10.4. The van der Waals surface area contributed by atoms with Crippen LogP contribution in [0.15, 0.2) is 54.9 Å². The van der Waals surface area contributed by atoms with Gasteiger partial charge in [0.2, 0.25) is 0 Å². The number of nitrogens with one attached hydrogen (secondary N) is 1. The highest BCUT2D eigenvalue weighted by molar-refractivity contribution is 5.89. The summed E-state index contributed by atoms with van der Waals surface area (Å²) in [5, 5.41) is 6.98. The third-order valence-electron chi connectivity index (χ3n) is 7.50. The zero-order chi connectivity index (χ0) is 26.9. The average Bonchev–Trinajstić information content (AvgIpc) is 3.48. The maximum atomic E-state index is 14.0. The first kappa shape index (κ1) is 26.2. The average molecular weight is 529 g/mol. The summed E-state index contributed by atoms with van der Waals surface area (Å²) in [7, 11) is 0. The number of halogens is 3. The Balaban J connectivity index is 1.53. The standard InChI is InChI=1S/C28H31F3N4O3/c1-18(2)37-23-10-9-21(38-28(29,30)31)14-22(23)20-13-24(36)27(15-20)11-6-12-35(16-25-32-17-33-34-25)26(27)19-7-4-3-5-8-19/h3-5,7-10,14,17-18,20,26H,6,11-13,15-16H2,1-2H3,(H,32,33,34). The molecule has 3 unspecified atom stereocenters. The zero-order valence-corrected chi connectivity index (χ0v) is 21.4. The summed E-state index contributed by atoms with van der Waals surface area (Å²) in [6.07, 6.45) is -1.22. The van der Waals surface area contributed by atoms with E-state index in [4.69, 9.17) is 4.74 Å². The number of aromatic amines is 1. The van der Waals surface area contributed by atoms with Gasteiger partial charge >= 0.3 is 6.36 Å². The minimum atomic E-state index is -4.81. The summed E-state index contributed by atoms with van der Waals surface area (Å²) in [4.78, 5) is 20.6. The summed E-state index contributed by atoms with van der Waals surface area (Å²) < 4.78 is 49.3. The molecular weight excluding hydrogens is 497 g/mol. The number of ketones is 1. The van der Waals surface area contributed by atoms with Crippen LogP contribution in [0.2, 0.25) is 0 Å². The molecule has 2 aliphatic rings. The van der Waals surface area contributed by atoms with E-state index in [0.717, 1.165) is 18.5 Å². The van der Waals surface area contributed by atoms with Gasteiger partial charge < -0.3 is 9.47 Å². The number of hydrogen-bond donors (Lipinski definition) is 1. The number of rotatable bonds is 7. The van der Waals surface area contributed by atoms with Gasteiger partial charge in [-0.15, -0.1) is 13.2 Å². The van der Waals surface area contributed by atoms with E-state index in [1.165, 1.54) is 24.5 Å². The van der Waals surface area contributed by atoms with Crippen molar-refractivity contribution in [3.8, 4) is 11.5 Å². The fourth-order valence-corrected chi connectivity index (χ4v) is 6.22. The van der Waals surface area contributed by atoms with E-state index in [0.29, 0.717) is 36.5 Å². The Bertz CT molecular complexity index is 1250. The molecule has 1 saturated carbocycles. The van der Waals surface area contributed by atoms with Crippen molar-refractivity contribution in [2.45, 2.75) is 70.5 Å². The van der Waals surface area contributed by atoms with Crippen LogP contribution in [0.5, 0.6) is 11.5 Å². The van der Waals surface area contributed by atoms with Gasteiger partial charge in [-0.25, -0.2) is 4.98 Å². The summed E-state index contributed by atoms with van der Waals surface area (Å²) in [6, 6.07) is 13.9. The van der Waals surface area contributed by atoms with E-state index in [1.54, 1.807) is 0 Å². The molecule has 1 N–H and O–H groups in total. The summed E-state index contributed by atoms with van der Waals surface area (Å²) in [5.74, 6) is 0.631. The monoisotopic (exact) mass is 528 g/mol. The van der Waals surface area contributed by atoms with Crippen molar-refractivity contribution in [3.05, 3.63) is 71.8 Å². The van der Waals surface area contributed by atoms with Crippen molar-refractivity contribution in [1.29, 1.82) is 0 Å². The number of likely N-dealkylation sites (tertiary alicyclic amines) is 1. The van der Waals surface area contributed by atoms with E-state index >= 15 is 0 Å². The number of carbonyl (C=O) groups is 1. The molecule has 202 valence electrons. The van der Waals surface area contributed by atoms with Crippen LogP contribution in [0, 0.1) is 5.41 Å². The van der Waals surface area contributed by atoms with Crippen molar-refractivity contribution in [2.24, 2.45) is 5.41 Å². The number of H-pyrrole nitrogens is 1. The van der Waals surface area contributed by atoms with Gasteiger partial charge in [-0.1, -0.05) is 30.3 Å². The highest BCUT2D eigenvalue weighted by Gasteiger charge is 2.56. The lowest BCUT2D eigenvalue weighted by atomic mass is 9.68. The molecule has 2 heterocycles. The number of alkyl halides is 3. The number of ether oxygens (including phenoxy) is 2. The number of aromatic nitrogens is 3. The van der Waals surface area contributed by atoms with Crippen LogP contribution in [-0.4, -0.2) is 44.9 Å². The van der Waals surface area contributed by atoms with Crippen molar-refractivity contribution in [1.82, 2.24) is 20.1 Å². The van der Waals surface area contributed by atoms with Crippen LogP contribution in [-0.2, 0) is 11.3 Å². The van der Waals surface area contributed by atoms with E-state index in [9.17, 15) is 18.0 Å². The topological polar surface area (TPSA) is 80.3 Å². The first-order valence-corrected chi connectivity index (χ1v) is 12.9. The highest BCUT2D eigenvalue weighted by Crippen LogP contribution is 2.58. The smallest absolute Gasteiger partial charge is 0.491 e. The molecular formula is C28H31F3N4O3. The molecule has 38 heavy (non-hydrogen) atoms. The first-order valence-electron chi connectivity index (χ1n) is 12.9. The third kappa shape index (κ3) is 5.41. The molecule has 2 fully saturated rings. The van der Waals surface area contributed by atoms with Crippen LogP contribution in [0.1, 0.15) is 68.4 Å². The molecule has 7 nitrogen and oxygen atoms in total. The van der Waals surface area contributed by atoms with E-state index in [2.05, 4.69) is 24.8 Å². The van der Waals surface area contributed by atoms with Crippen molar-refractivity contribution in [2.75, 3.05) is 6.54 Å². The lowest BCUT2D eigenvalue weighted by molar-refractivity contribution is -0.274. The number of piperidine rings is 1. The van der Waals surface area contributed by atoms with Crippen LogP contribution in [0.25, 0.3) is 0 Å². The van der Waals surface area contributed by atoms with Crippen LogP contribution >= 0.6 is 0 Å². The summed E-state index contributed by atoms with van der Waals surface area (Å²) >= 11 is 0. The Hall–Kier alpha value is -3.40. The summed E-state index contributed by atoms with van der Waals surface area (Å²) in [6.45, 7) is 4.99. The molecule has 2 aromatic carbocycles. The van der Waals surface area contributed by atoms with Crippen LogP contribution in [0.4, 0.5) is 13.2 Å². The molecule has 0 radical (unpaired) electrons. The lowest BCUT2D eigenvalue weighted by Crippen LogP contribution is -2.48. The number of hydrogen-bond acceptors (Lipinski definition) is 6. The molecule has 0 amide bonds. The fraction of sp³-hybridized carbons (Fsp3) is 0.464. The zero-order valence-electron chi connectivity index (χ0n) is 21.4. The number of carbonyl (C=O) groups excluding carboxylic acids is 1. The van der Waals surface area contributed by atoms with Gasteiger partial charge in [0, 0.05) is 23.4 Å². The first-order chi connectivity index (χ1) is 18.1. The second kappa shape index (κ2) is 10.4. The van der Waals surface area contributed by atoms with Gasteiger partial charge in [0.05, 0.1) is 12.6 Å². The molecule has 10 heteroatoms. The second-order valence-electron chi connectivity index (χ2n) is 10.4. The maximum absolute atomic E-state index is 14.0. The fourth-order valence-electron chi connectivity index (χ4n) is 6.22. The number of nitrogens with zero attached hydrogens (tertiary/aromatic N) is 3. The maximum Gasteiger partial charge on any atom is 0.573 e. The van der Waals surface area contributed by atoms with Gasteiger partial charge in [0.1, 0.15) is 23.6 Å². The number of benzene rings is 2. The van der Waals surface area contributed by atoms with Gasteiger partial charge in [0.15, 0.2) is 5.82 Å². The van der Waals surface area contributed by atoms with Gasteiger partial charge in [-0.3, -0.25) is 14.8 Å². The molecule has 5 rings (SSSR count). The van der Waals surface area contributed by atoms with Crippen molar-refractivity contribution < 1.29 is 27.4 Å². The van der Waals surface area contributed by atoms with Crippen molar-refractivity contribution in [3.63, 3.8) is 0 Å². The lowest BCUT2D eigenvalue weighted by Gasteiger charge is -2.47. The number of Topliss-reactive ketones (excluding diaryl/α,β-unsaturated/α-hetero) is 1. The van der Waals surface area contributed by atoms with Crippen molar-refractivity contribution >= 4 is 5.78 Å². The van der Waals surface area contributed by atoms with Gasteiger partial charge in [-0.2, -0.15) is 5.10 Å². The molecule has 0 bridgehead atoms. The van der Waals surface area contributed by atoms with Crippen LogP contribution < -0.4 is 9.47 Å². The molecule has 1 spiro atoms. The molecule has 3 atom stereocenters. The predicted octanol–water partition coefficient (Wildman–Crippen LogP) is 5.96. The summed E-state index contributed by atoms with van der Waals surface area (Å²) in [5.41, 5.74) is 0.907. The van der Waals surface area contributed by atoms with Crippen LogP contribution in [0.3, 0.4) is 0 Å². The SMILES string of the molecule is CC(C)Oc1ccc(OC(F)(F)F)cc1C1CC(=O)C2(CCCN(Cc3nc[nH]n3)C2c2ccccc2)C1. The molecule has 3 aromatic rings. The molecule has 1 aliphatic carbocycles. The molecule has 1 aromatic heterocycles. The Morgan fingerprint density at radius 3 is 2.66 bits per heavy atom.